The van der Waals surface area contributed by atoms with Gasteiger partial charge in [0.05, 0.1) is 5.92 Å². The summed E-state index contributed by atoms with van der Waals surface area (Å²) >= 11 is 0. The van der Waals surface area contributed by atoms with Crippen LogP contribution in [0.5, 0.6) is 11.5 Å². The fraction of sp³-hybridized carbons (Fsp3) is 0.481. The van der Waals surface area contributed by atoms with Crippen LogP contribution in [0.2, 0.25) is 0 Å². The molecule has 2 aromatic carbocycles. The summed E-state index contributed by atoms with van der Waals surface area (Å²) in [7, 11) is 0. The zero-order chi connectivity index (χ0) is 23.0. The quantitative estimate of drug-likeness (QED) is 0.530. The van der Waals surface area contributed by atoms with Crippen LogP contribution in [0.4, 0.5) is 0 Å². The van der Waals surface area contributed by atoms with E-state index in [-0.39, 0.29) is 24.6 Å². The minimum absolute atomic E-state index is 0.00640. The highest BCUT2D eigenvalue weighted by molar-refractivity contribution is 5.95. The van der Waals surface area contributed by atoms with Gasteiger partial charge in [0.15, 0.2) is 11.5 Å². The number of hydrogen-bond acceptors (Lipinski definition) is 5. The van der Waals surface area contributed by atoms with Crippen molar-refractivity contribution < 1.29 is 14.3 Å². The van der Waals surface area contributed by atoms with E-state index in [0.29, 0.717) is 36.4 Å². The second-order valence-electron chi connectivity index (χ2n) is 10.5. The molecule has 7 heteroatoms. The van der Waals surface area contributed by atoms with Gasteiger partial charge in [0, 0.05) is 36.2 Å². The first-order chi connectivity index (χ1) is 16.6. The summed E-state index contributed by atoms with van der Waals surface area (Å²) < 4.78 is 11.1. The number of amidine groups is 1. The minimum Gasteiger partial charge on any atom is -0.454 e. The van der Waals surface area contributed by atoms with Gasteiger partial charge in [-0.05, 0) is 61.4 Å². The van der Waals surface area contributed by atoms with Gasteiger partial charge in [0.1, 0.15) is 5.84 Å². The Morgan fingerprint density at radius 3 is 2.62 bits per heavy atom. The maximum Gasteiger partial charge on any atom is 0.231 e. The molecule has 34 heavy (non-hydrogen) atoms. The molecular weight excluding hydrogens is 428 g/mol. The number of ether oxygens (including phenoxy) is 2. The molecule has 176 valence electrons. The summed E-state index contributed by atoms with van der Waals surface area (Å²) in [5, 5.41) is 7.73. The summed E-state index contributed by atoms with van der Waals surface area (Å²) in [6.45, 7) is 1.95. The van der Waals surface area contributed by atoms with Gasteiger partial charge >= 0.3 is 0 Å². The molecule has 4 aliphatic heterocycles. The average molecular weight is 459 g/mol. The molecule has 0 unspecified atom stereocenters. The molecule has 1 amide bonds. The molecule has 0 radical (unpaired) electrons. The van der Waals surface area contributed by atoms with E-state index >= 15 is 0 Å². The van der Waals surface area contributed by atoms with Crippen molar-refractivity contribution in [2.45, 2.75) is 50.4 Å². The lowest BCUT2D eigenvalue weighted by molar-refractivity contribution is -0.134. The maximum atomic E-state index is 14.1. The number of carbonyl (C=O) groups excluding carboxylic acids is 1. The summed E-state index contributed by atoms with van der Waals surface area (Å²) in [5.41, 5.74) is 8.70. The number of likely N-dealkylation sites (tertiary alicyclic amines) is 1. The number of hydrogen-bond donors (Lipinski definition) is 2. The van der Waals surface area contributed by atoms with E-state index in [1.54, 1.807) is 0 Å². The van der Waals surface area contributed by atoms with E-state index < -0.39 is 0 Å². The molecule has 0 bridgehead atoms. The van der Waals surface area contributed by atoms with Gasteiger partial charge in [0.2, 0.25) is 12.7 Å². The van der Waals surface area contributed by atoms with Gasteiger partial charge in [-0.15, -0.1) is 0 Å². The van der Waals surface area contributed by atoms with Crippen molar-refractivity contribution in [2.75, 3.05) is 13.3 Å². The molecule has 7 nitrogen and oxygen atoms in total. The van der Waals surface area contributed by atoms with Crippen molar-refractivity contribution in [1.82, 2.24) is 9.80 Å². The van der Waals surface area contributed by atoms with Gasteiger partial charge in [-0.3, -0.25) is 15.1 Å². The molecule has 7 rings (SSSR count). The summed E-state index contributed by atoms with van der Waals surface area (Å²) in [4.78, 5) is 19.0. The summed E-state index contributed by atoms with van der Waals surface area (Å²) in [6.07, 6.45) is 4.83. The molecule has 5 aliphatic rings. The highest BCUT2D eigenvalue weighted by atomic mass is 16.7. The van der Waals surface area contributed by atoms with Crippen LogP contribution in [0.1, 0.15) is 48.4 Å². The van der Waals surface area contributed by atoms with Crippen molar-refractivity contribution in [2.24, 2.45) is 23.5 Å². The Balaban J connectivity index is 1.24. The molecular formula is C27H30N4O3. The summed E-state index contributed by atoms with van der Waals surface area (Å²) in [5.74, 6) is 2.93. The lowest BCUT2D eigenvalue weighted by Gasteiger charge is -2.33. The van der Waals surface area contributed by atoms with Crippen LogP contribution >= 0.6 is 0 Å². The second-order valence-corrected chi connectivity index (χ2v) is 10.5. The monoisotopic (exact) mass is 458 g/mol. The number of carbonyl (C=O) groups is 1. The largest absolute Gasteiger partial charge is 0.454 e. The predicted molar refractivity (Wildman–Crippen MR) is 127 cm³/mol. The lowest BCUT2D eigenvalue weighted by atomic mass is 9.80. The number of benzene rings is 2. The Hall–Kier alpha value is -3.06. The summed E-state index contributed by atoms with van der Waals surface area (Å²) in [6, 6.07) is 15.0. The van der Waals surface area contributed by atoms with E-state index in [2.05, 4.69) is 28.0 Å². The number of fused-ring (bicyclic) bond motifs is 4. The first-order valence-electron chi connectivity index (χ1n) is 12.5. The molecule has 1 saturated carbocycles. The molecule has 0 spiro atoms. The Morgan fingerprint density at radius 2 is 1.85 bits per heavy atom. The second kappa shape index (κ2) is 7.47. The van der Waals surface area contributed by atoms with Gasteiger partial charge in [0.25, 0.3) is 0 Å². The van der Waals surface area contributed by atoms with Gasteiger partial charge in [-0.2, -0.15) is 0 Å². The van der Waals surface area contributed by atoms with Gasteiger partial charge in [-0.25, -0.2) is 0 Å². The zero-order valence-electron chi connectivity index (χ0n) is 19.2. The van der Waals surface area contributed by atoms with E-state index in [1.165, 1.54) is 31.2 Å². The number of rotatable bonds is 5. The Morgan fingerprint density at radius 1 is 1.06 bits per heavy atom. The van der Waals surface area contributed by atoms with Gasteiger partial charge < -0.3 is 20.1 Å². The first kappa shape index (κ1) is 20.3. The Labute approximate surface area is 199 Å². The van der Waals surface area contributed by atoms with Crippen molar-refractivity contribution >= 4 is 11.7 Å². The van der Waals surface area contributed by atoms with E-state index in [4.69, 9.17) is 20.6 Å². The van der Waals surface area contributed by atoms with Crippen LogP contribution in [0.3, 0.4) is 0 Å². The van der Waals surface area contributed by atoms with Crippen molar-refractivity contribution in [1.29, 1.82) is 5.41 Å². The standard InChI is InChI=1S/C27H30N4O3/c28-26(29)18-8-6-17(7-9-18)25-23-22(19-2-1-11-30(19)25)24(16-4-5-16)31(27(23)32)13-15-3-10-20-21(12-15)34-14-33-20/h3,6-10,12,16,19,22-25H,1-2,4-5,11,13-14H2,(H3,28,29)/t19-,22-,23-,24+,25-/m0/s1. The number of nitrogens with zero attached hydrogens (tertiary/aromatic N) is 2. The van der Waals surface area contributed by atoms with Crippen LogP contribution in [0.15, 0.2) is 42.5 Å². The highest BCUT2D eigenvalue weighted by Crippen LogP contribution is 2.59. The number of nitrogen functional groups attached to an aromatic ring is 1. The number of nitrogens with two attached hydrogens (primary N) is 1. The van der Waals surface area contributed by atoms with Crippen molar-refractivity contribution in [3.8, 4) is 11.5 Å². The van der Waals surface area contributed by atoms with E-state index in [9.17, 15) is 4.79 Å². The molecule has 5 atom stereocenters. The highest BCUT2D eigenvalue weighted by Gasteiger charge is 2.64. The fourth-order valence-corrected chi connectivity index (χ4v) is 7.20. The molecule has 1 aliphatic carbocycles. The average Bonchev–Trinajstić information content (AvgIpc) is 3.17. The fourth-order valence-electron chi connectivity index (χ4n) is 7.20. The third-order valence-corrected chi connectivity index (χ3v) is 8.68. The SMILES string of the molecule is N=C(N)c1ccc([C@H]2[C@H]3C(=O)N(Cc4ccc5c(c4)OCO5)[C@H](C4CC4)[C@H]3[C@@H]3CCCN32)cc1. The third kappa shape index (κ3) is 2.99. The first-order valence-corrected chi connectivity index (χ1v) is 12.5. The van der Waals surface area contributed by atoms with Crippen LogP contribution in [-0.4, -0.2) is 47.0 Å². The smallest absolute Gasteiger partial charge is 0.231 e. The van der Waals surface area contributed by atoms with Gasteiger partial charge in [-0.1, -0.05) is 30.3 Å². The maximum absolute atomic E-state index is 14.1. The molecule has 3 N–H and O–H groups in total. The third-order valence-electron chi connectivity index (χ3n) is 8.68. The minimum atomic E-state index is -0.00640. The van der Waals surface area contributed by atoms with Crippen LogP contribution in [0.25, 0.3) is 0 Å². The van der Waals surface area contributed by atoms with Crippen LogP contribution in [-0.2, 0) is 11.3 Å². The van der Waals surface area contributed by atoms with E-state index in [0.717, 1.165) is 29.2 Å². The molecule has 4 heterocycles. The topological polar surface area (TPSA) is 91.9 Å². The predicted octanol–water partition coefficient (Wildman–Crippen LogP) is 3.27. The molecule has 0 aromatic heterocycles. The Kier molecular flexibility index (Phi) is 4.47. The number of nitrogens with one attached hydrogen (secondary N) is 1. The van der Waals surface area contributed by atoms with Crippen molar-refractivity contribution in [3.05, 3.63) is 59.2 Å². The molecule has 2 aromatic rings. The number of amides is 1. The normalized spacial score (nSPS) is 31.7. The lowest BCUT2D eigenvalue weighted by Crippen LogP contribution is -2.42. The Bertz CT molecular complexity index is 1160. The van der Waals surface area contributed by atoms with E-state index in [1.807, 2.05) is 24.3 Å². The van der Waals surface area contributed by atoms with Crippen LogP contribution < -0.4 is 15.2 Å². The molecule has 3 saturated heterocycles. The van der Waals surface area contributed by atoms with Crippen LogP contribution in [0, 0.1) is 23.2 Å². The molecule has 4 fully saturated rings. The van der Waals surface area contributed by atoms with Crippen molar-refractivity contribution in [3.63, 3.8) is 0 Å². The zero-order valence-corrected chi connectivity index (χ0v) is 19.2.